The molecule has 0 saturated carbocycles. The molecule has 1 saturated heterocycles. The van der Waals surface area contributed by atoms with Crippen molar-refractivity contribution in [2.24, 2.45) is 0 Å². The lowest BCUT2D eigenvalue weighted by molar-refractivity contribution is 0.0342. The van der Waals surface area contributed by atoms with Crippen LogP contribution in [0.1, 0.15) is 5.56 Å². The Morgan fingerprint density at radius 2 is 1.68 bits per heavy atom. The Kier molecular flexibility index (Phi) is 6.78. The number of pyridine rings is 1. The Balaban J connectivity index is 1.27. The van der Waals surface area contributed by atoms with Gasteiger partial charge in [-0.1, -0.05) is 60.1 Å². The van der Waals surface area contributed by atoms with Crippen molar-refractivity contribution in [1.29, 1.82) is 0 Å². The smallest absolute Gasteiger partial charge is 0.162 e. The van der Waals surface area contributed by atoms with E-state index >= 15 is 0 Å². The molecule has 5 aromatic rings. The third-order valence-electron chi connectivity index (χ3n) is 6.47. The molecular formula is C30H26ClN5O. The number of morpholine rings is 1. The summed E-state index contributed by atoms with van der Waals surface area (Å²) in [5.41, 5.74) is 5.90. The van der Waals surface area contributed by atoms with Crippen molar-refractivity contribution in [3.05, 3.63) is 102 Å². The normalized spacial score (nSPS) is 14.1. The van der Waals surface area contributed by atoms with E-state index in [-0.39, 0.29) is 0 Å². The van der Waals surface area contributed by atoms with E-state index in [2.05, 4.69) is 39.5 Å². The van der Waals surface area contributed by atoms with E-state index in [0.717, 1.165) is 72.1 Å². The zero-order valence-electron chi connectivity index (χ0n) is 20.3. The number of hydrogen-bond donors (Lipinski definition) is 1. The summed E-state index contributed by atoms with van der Waals surface area (Å²) in [5.74, 6) is 1.35. The predicted molar refractivity (Wildman–Crippen MR) is 149 cm³/mol. The maximum Gasteiger partial charge on any atom is 0.162 e. The average Bonchev–Trinajstić information content (AvgIpc) is 2.94. The number of para-hydroxylation sites is 1. The van der Waals surface area contributed by atoms with E-state index in [1.54, 1.807) is 0 Å². The molecular weight excluding hydrogens is 482 g/mol. The Hall–Kier alpha value is -3.84. The van der Waals surface area contributed by atoms with Gasteiger partial charge in [-0.15, -0.1) is 0 Å². The number of rotatable bonds is 6. The standard InChI is InChI=1S/C30H26ClN5O/c31-24-5-3-4-23(18-24)29-34-27-7-2-1-6-26(27)30(35-29)33-25-12-13-32-28(19-25)22-10-8-21(9-11-22)20-36-14-16-37-17-15-36/h1-13,18-19H,14-17,20H2,(H,32,33,34,35). The molecule has 0 unspecified atom stereocenters. The van der Waals surface area contributed by atoms with Crippen molar-refractivity contribution in [2.45, 2.75) is 6.54 Å². The highest BCUT2D eigenvalue weighted by Gasteiger charge is 2.12. The maximum atomic E-state index is 6.23. The fraction of sp³-hybridized carbons (Fsp3) is 0.167. The van der Waals surface area contributed by atoms with Crippen molar-refractivity contribution < 1.29 is 4.74 Å². The lowest BCUT2D eigenvalue weighted by Gasteiger charge is -2.26. The Labute approximate surface area is 220 Å². The highest BCUT2D eigenvalue weighted by molar-refractivity contribution is 6.30. The quantitative estimate of drug-likeness (QED) is 0.280. The Morgan fingerprint density at radius 1 is 0.838 bits per heavy atom. The Bertz CT molecular complexity index is 1530. The minimum absolute atomic E-state index is 0.619. The van der Waals surface area contributed by atoms with Gasteiger partial charge in [0, 0.05) is 53.1 Å². The summed E-state index contributed by atoms with van der Waals surface area (Å²) in [7, 11) is 0. The van der Waals surface area contributed by atoms with E-state index in [0.29, 0.717) is 10.8 Å². The van der Waals surface area contributed by atoms with Crippen molar-refractivity contribution in [3.63, 3.8) is 0 Å². The summed E-state index contributed by atoms with van der Waals surface area (Å²) >= 11 is 6.23. The molecule has 0 atom stereocenters. The van der Waals surface area contributed by atoms with Gasteiger partial charge in [0.1, 0.15) is 5.82 Å². The van der Waals surface area contributed by atoms with E-state index < -0.39 is 0 Å². The average molecular weight is 508 g/mol. The van der Waals surface area contributed by atoms with Crippen LogP contribution in [-0.2, 0) is 11.3 Å². The molecule has 1 N–H and O–H groups in total. The monoisotopic (exact) mass is 507 g/mol. The lowest BCUT2D eigenvalue weighted by atomic mass is 10.1. The third kappa shape index (κ3) is 5.47. The van der Waals surface area contributed by atoms with E-state index in [1.165, 1.54) is 5.56 Å². The first-order valence-electron chi connectivity index (χ1n) is 12.4. The third-order valence-corrected chi connectivity index (χ3v) is 6.70. The zero-order valence-corrected chi connectivity index (χ0v) is 21.0. The van der Waals surface area contributed by atoms with Crippen molar-refractivity contribution in [2.75, 3.05) is 31.6 Å². The summed E-state index contributed by atoms with van der Waals surface area (Å²) in [6.07, 6.45) is 1.82. The van der Waals surface area contributed by atoms with Gasteiger partial charge in [0.25, 0.3) is 0 Å². The van der Waals surface area contributed by atoms with Crippen LogP contribution < -0.4 is 5.32 Å². The second kappa shape index (κ2) is 10.6. The van der Waals surface area contributed by atoms with Gasteiger partial charge in [0.15, 0.2) is 5.82 Å². The first kappa shape index (κ1) is 23.6. The number of ether oxygens (including phenoxy) is 1. The van der Waals surface area contributed by atoms with Crippen LogP contribution in [0.25, 0.3) is 33.5 Å². The minimum Gasteiger partial charge on any atom is -0.379 e. The number of anilines is 2. The van der Waals surface area contributed by atoms with E-state index in [9.17, 15) is 0 Å². The molecule has 37 heavy (non-hydrogen) atoms. The second-order valence-electron chi connectivity index (χ2n) is 9.06. The number of fused-ring (bicyclic) bond motifs is 1. The van der Waals surface area contributed by atoms with Crippen molar-refractivity contribution >= 4 is 34.0 Å². The van der Waals surface area contributed by atoms with Gasteiger partial charge in [-0.3, -0.25) is 9.88 Å². The first-order valence-corrected chi connectivity index (χ1v) is 12.7. The van der Waals surface area contributed by atoms with Gasteiger partial charge in [0.05, 0.1) is 24.4 Å². The van der Waals surface area contributed by atoms with Crippen molar-refractivity contribution in [1.82, 2.24) is 19.9 Å². The predicted octanol–water partition coefficient (Wildman–Crippen LogP) is 6.59. The van der Waals surface area contributed by atoms with Crippen LogP contribution in [0.4, 0.5) is 11.5 Å². The van der Waals surface area contributed by atoms with Gasteiger partial charge in [-0.25, -0.2) is 9.97 Å². The summed E-state index contributed by atoms with van der Waals surface area (Å²) in [4.78, 5) is 16.7. The van der Waals surface area contributed by atoms with E-state index in [1.807, 2.05) is 66.9 Å². The molecule has 1 aliphatic heterocycles. The number of nitrogens with one attached hydrogen (secondary N) is 1. The highest BCUT2D eigenvalue weighted by Crippen LogP contribution is 2.29. The molecule has 184 valence electrons. The van der Waals surface area contributed by atoms with Crippen LogP contribution in [0.2, 0.25) is 5.02 Å². The molecule has 3 heterocycles. The Morgan fingerprint density at radius 3 is 2.51 bits per heavy atom. The van der Waals surface area contributed by atoms with Crippen molar-refractivity contribution in [3.8, 4) is 22.6 Å². The largest absolute Gasteiger partial charge is 0.379 e. The summed E-state index contributed by atoms with van der Waals surface area (Å²) < 4.78 is 5.46. The molecule has 0 bridgehead atoms. The highest BCUT2D eigenvalue weighted by atomic mass is 35.5. The molecule has 1 aliphatic rings. The molecule has 0 radical (unpaired) electrons. The number of nitrogens with zero attached hydrogens (tertiary/aromatic N) is 4. The molecule has 7 heteroatoms. The molecule has 6 rings (SSSR count). The first-order chi connectivity index (χ1) is 18.2. The fourth-order valence-electron chi connectivity index (χ4n) is 4.53. The number of benzene rings is 3. The molecule has 0 aliphatic carbocycles. The van der Waals surface area contributed by atoms with Crippen LogP contribution in [0.3, 0.4) is 0 Å². The molecule has 0 spiro atoms. The van der Waals surface area contributed by atoms with Gasteiger partial charge >= 0.3 is 0 Å². The molecule has 3 aromatic carbocycles. The summed E-state index contributed by atoms with van der Waals surface area (Å²) in [6, 6.07) is 28.2. The van der Waals surface area contributed by atoms with Gasteiger partial charge in [-0.2, -0.15) is 0 Å². The molecule has 1 fully saturated rings. The summed E-state index contributed by atoms with van der Waals surface area (Å²) in [5, 5.41) is 5.10. The maximum absolute atomic E-state index is 6.23. The molecule has 6 nitrogen and oxygen atoms in total. The minimum atomic E-state index is 0.619. The SMILES string of the molecule is Clc1cccc(-c2nc(Nc3ccnc(-c4ccc(CN5CCOCC5)cc4)c3)c3ccccc3n2)c1. The number of hydrogen-bond acceptors (Lipinski definition) is 6. The zero-order chi connectivity index (χ0) is 25.0. The molecule has 2 aromatic heterocycles. The van der Waals surface area contributed by atoms with Gasteiger partial charge < -0.3 is 10.1 Å². The number of halogens is 1. The summed E-state index contributed by atoms with van der Waals surface area (Å²) in [6.45, 7) is 4.52. The van der Waals surface area contributed by atoms with Crippen LogP contribution >= 0.6 is 11.6 Å². The lowest BCUT2D eigenvalue weighted by Crippen LogP contribution is -2.35. The van der Waals surface area contributed by atoms with Crippen LogP contribution in [0.5, 0.6) is 0 Å². The van der Waals surface area contributed by atoms with Crippen LogP contribution in [0.15, 0.2) is 91.1 Å². The topological polar surface area (TPSA) is 63.2 Å². The van der Waals surface area contributed by atoms with Crippen LogP contribution in [-0.4, -0.2) is 46.2 Å². The van der Waals surface area contributed by atoms with Gasteiger partial charge in [0.2, 0.25) is 0 Å². The van der Waals surface area contributed by atoms with Gasteiger partial charge in [-0.05, 0) is 42.0 Å². The second-order valence-corrected chi connectivity index (χ2v) is 9.50. The van der Waals surface area contributed by atoms with E-state index in [4.69, 9.17) is 26.3 Å². The fourth-order valence-corrected chi connectivity index (χ4v) is 4.72. The van der Waals surface area contributed by atoms with Crippen LogP contribution in [0, 0.1) is 0 Å². The number of aromatic nitrogens is 3. The molecule has 0 amide bonds.